The van der Waals surface area contributed by atoms with Crippen LogP contribution in [0.3, 0.4) is 0 Å². The summed E-state index contributed by atoms with van der Waals surface area (Å²) in [6, 6.07) is 11.6. The molecule has 0 spiro atoms. The Morgan fingerprint density at radius 3 is 2.34 bits per heavy atom. The van der Waals surface area contributed by atoms with Crippen LogP contribution in [-0.2, 0) is 9.59 Å². The van der Waals surface area contributed by atoms with Crippen molar-refractivity contribution < 1.29 is 32.2 Å². The molecule has 0 atom stereocenters. The number of nitrogens with one attached hydrogen (secondary N) is 1. The van der Waals surface area contributed by atoms with Gasteiger partial charge in [-0.15, -0.1) is 19.8 Å². The van der Waals surface area contributed by atoms with Crippen molar-refractivity contribution in [2.24, 2.45) is 0 Å². The Bertz CT molecular complexity index is 1060. The van der Waals surface area contributed by atoms with Gasteiger partial charge in [0.1, 0.15) is 17.2 Å². The maximum Gasteiger partial charge on any atom is 0.573 e. The van der Waals surface area contributed by atoms with Crippen LogP contribution in [0, 0.1) is 0 Å². The van der Waals surface area contributed by atoms with Crippen molar-refractivity contribution in [1.29, 1.82) is 0 Å². The SMILES string of the molecule is C=CCN1C(=O)C(Nc2cccc(OC(F)(F)F)c2)=C(c2ccc(OC(C)C)cc2)C1=O. The van der Waals surface area contributed by atoms with E-state index in [1.807, 2.05) is 13.8 Å². The summed E-state index contributed by atoms with van der Waals surface area (Å²) < 4.78 is 47.2. The third kappa shape index (κ3) is 5.29. The molecule has 1 heterocycles. The molecule has 1 aliphatic heterocycles. The number of imide groups is 1. The van der Waals surface area contributed by atoms with Gasteiger partial charge in [0.05, 0.1) is 11.7 Å². The van der Waals surface area contributed by atoms with E-state index < -0.39 is 23.9 Å². The Kier molecular flexibility index (Phi) is 6.57. The van der Waals surface area contributed by atoms with Crippen molar-refractivity contribution in [2.45, 2.75) is 26.3 Å². The van der Waals surface area contributed by atoms with E-state index in [-0.39, 0.29) is 29.6 Å². The summed E-state index contributed by atoms with van der Waals surface area (Å²) in [7, 11) is 0. The van der Waals surface area contributed by atoms with Gasteiger partial charge in [-0.05, 0) is 43.7 Å². The molecule has 0 unspecified atom stereocenters. The zero-order chi connectivity index (χ0) is 23.5. The maximum atomic E-state index is 13.0. The molecular formula is C23H21F3N2O4. The lowest BCUT2D eigenvalue weighted by Gasteiger charge is -2.13. The molecule has 0 fully saturated rings. The number of benzene rings is 2. The Morgan fingerprint density at radius 1 is 1.06 bits per heavy atom. The van der Waals surface area contributed by atoms with E-state index in [4.69, 9.17) is 4.74 Å². The van der Waals surface area contributed by atoms with Gasteiger partial charge < -0.3 is 14.8 Å². The maximum absolute atomic E-state index is 13.0. The fourth-order valence-electron chi connectivity index (χ4n) is 3.14. The van der Waals surface area contributed by atoms with Crippen LogP contribution in [0.2, 0.25) is 0 Å². The number of rotatable bonds is 8. The van der Waals surface area contributed by atoms with Crippen molar-refractivity contribution in [3.05, 3.63) is 72.4 Å². The quantitative estimate of drug-likeness (QED) is 0.468. The first-order chi connectivity index (χ1) is 15.1. The highest BCUT2D eigenvalue weighted by Crippen LogP contribution is 2.33. The van der Waals surface area contributed by atoms with E-state index in [2.05, 4.69) is 16.6 Å². The molecule has 0 radical (unpaired) electrons. The summed E-state index contributed by atoms with van der Waals surface area (Å²) in [5.74, 6) is -1.03. The first kappa shape index (κ1) is 22.9. The van der Waals surface area contributed by atoms with Gasteiger partial charge in [0.2, 0.25) is 0 Å². The van der Waals surface area contributed by atoms with Crippen molar-refractivity contribution in [2.75, 3.05) is 11.9 Å². The Hall–Kier alpha value is -3.75. The van der Waals surface area contributed by atoms with Gasteiger partial charge in [-0.25, -0.2) is 0 Å². The minimum atomic E-state index is -4.86. The summed E-state index contributed by atoms with van der Waals surface area (Å²) in [5, 5.41) is 2.79. The van der Waals surface area contributed by atoms with Crippen molar-refractivity contribution in [1.82, 2.24) is 4.90 Å². The molecule has 1 N–H and O–H groups in total. The molecule has 2 aromatic rings. The highest BCUT2D eigenvalue weighted by molar-refractivity contribution is 6.36. The zero-order valence-electron chi connectivity index (χ0n) is 17.4. The number of carbonyl (C=O) groups excluding carboxylic acids is 2. The molecule has 2 aromatic carbocycles. The number of anilines is 1. The van der Waals surface area contributed by atoms with E-state index in [9.17, 15) is 22.8 Å². The molecule has 0 aromatic heterocycles. The van der Waals surface area contributed by atoms with Crippen LogP contribution in [0.1, 0.15) is 19.4 Å². The topological polar surface area (TPSA) is 67.9 Å². The van der Waals surface area contributed by atoms with Crippen LogP contribution in [-0.4, -0.2) is 35.7 Å². The average Bonchev–Trinajstić information content (AvgIpc) is 2.92. The van der Waals surface area contributed by atoms with Crippen molar-refractivity contribution in [3.63, 3.8) is 0 Å². The number of ether oxygens (including phenoxy) is 2. The van der Waals surface area contributed by atoms with Crippen molar-refractivity contribution in [3.8, 4) is 11.5 Å². The number of carbonyl (C=O) groups is 2. The molecule has 9 heteroatoms. The molecule has 1 aliphatic rings. The standard InChI is InChI=1S/C23H21F3N2O4/c1-4-12-28-21(29)19(15-8-10-17(11-9-15)31-14(2)3)20(22(28)30)27-16-6-5-7-18(13-16)32-23(24,25)26/h4-11,13-14,27H,1,12H2,2-3H3. The van der Waals surface area contributed by atoms with Crippen LogP contribution in [0.5, 0.6) is 11.5 Å². The van der Waals surface area contributed by atoms with Crippen LogP contribution < -0.4 is 14.8 Å². The smallest absolute Gasteiger partial charge is 0.491 e. The number of amides is 2. The third-order valence-corrected chi connectivity index (χ3v) is 4.33. The predicted octanol–water partition coefficient (Wildman–Crippen LogP) is 4.75. The van der Waals surface area contributed by atoms with E-state index in [1.54, 1.807) is 24.3 Å². The number of hydrogen-bond donors (Lipinski definition) is 1. The first-order valence-corrected chi connectivity index (χ1v) is 9.70. The Morgan fingerprint density at radius 2 is 1.75 bits per heavy atom. The van der Waals surface area contributed by atoms with E-state index in [0.717, 1.165) is 17.0 Å². The summed E-state index contributed by atoms with van der Waals surface area (Å²) in [6.45, 7) is 7.30. The first-order valence-electron chi connectivity index (χ1n) is 9.70. The normalized spacial score (nSPS) is 14.2. The number of alkyl halides is 3. The molecular weight excluding hydrogens is 425 g/mol. The molecule has 32 heavy (non-hydrogen) atoms. The lowest BCUT2D eigenvalue weighted by molar-refractivity contribution is -0.274. The minimum Gasteiger partial charge on any atom is -0.491 e. The minimum absolute atomic E-state index is 0.0158. The van der Waals surface area contributed by atoms with Gasteiger partial charge >= 0.3 is 6.36 Å². The van der Waals surface area contributed by atoms with Crippen LogP contribution >= 0.6 is 0 Å². The van der Waals surface area contributed by atoms with E-state index >= 15 is 0 Å². The second-order valence-electron chi connectivity index (χ2n) is 7.15. The van der Waals surface area contributed by atoms with E-state index in [0.29, 0.717) is 11.3 Å². The summed E-state index contributed by atoms with van der Waals surface area (Å²) in [4.78, 5) is 26.9. The van der Waals surface area contributed by atoms with Gasteiger partial charge in [-0.2, -0.15) is 0 Å². The lowest BCUT2D eigenvalue weighted by Crippen LogP contribution is -2.32. The van der Waals surface area contributed by atoms with Gasteiger partial charge in [0.25, 0.3) is 11.8 Å². The molecule has 0 saturated heterocycles. The molecule has 3 rings (SSSR count). The number of hydrogen-bond acceptors (Lipinski definition) is 5. The predicted molar refractivity (Wildman–Crippen MR) is 113 cm³/mol. The van der Waals surface area contributed by atoms with Gasteiger partial charge in [-0.1, -0.05) is 24.3 Å². The Balaban J connectivity index is 1.99. The van der Waals surface area contributed by atoms with Crippen LogP contribution in [0.4, 0.5) is 18.9 Å². The zero-order valence-corrected chi connectivity index (χ0v) is 17.4. The average molecular weight is 446 g/mol. The Labute approximate surface area is 182 Å². The summed E-state index contributed by atoms with van der Waals surface area (Å²) in [5.41, 5.74) is 0.644. The van der Waals surface area contributed by atoms with Crippen molar-refractivity contribution >= 4 is 23.1 Å². The molecule has 0 aliphatic carbocycles. The lowest BCUT2D eigenvalue weighted by atomic mass is 10.0. The number of halogens is 3. The van der Waals surface area contributed by atoms with E-state index in [1.165, 1.54) is 18.2 Å². The second kappa shape index (κ2) is 9.17. The molecule has 168 valence electrons. The largest absolute Gasteiger partial charge is 0.573 e. The van der Waals surface area contributed by atoms with Crippen LogP contribution in [0.25, 0.3) is 5.57 Å². The highest BCUT2D eigenvalue weighted by Gasteiger charge is 2.38. The van der Waals surface area contributed by atoms with Gasteiger partial charge in [-0.3, -0.25) is 14.5 Å². The summed E-state index contributed by atoms with van der Waals surface area (Å²) in [6.07, 6.45) is -3.49. The third-order valence-electron chi connectivity index (χ3n) is 4.33. The van der Waals surface area contributed by atoms with Crippen LogP contribution in [0.15, 0.2) is 66.9 Å². The monoisotopic (exact) mass is 446 g/mol. The fraction of sp³-hybridized carbons (Fsp3) is 0.217. The molecule has 6 nitrogen and oxygen atoms in total. The molecule has 0 bridgehead atoms. The number of nitrogens with zero attached hydrogens (tertiary/aromatic N) is 1. The summed E-state index contributed by atoms with van der Waals surface area (Å²) >= 11 is 0. The van der Waals surface area contributed by atoms with Gasteiger partial charge in [0.15, 0.2) is 0 Å². The molecule has 0 saturated carbocycles. The fourth-order valence-corrected chi connectivity index (χ4v) is 3.14. The van der Waals surface area contributed by atoms with Gasteiger partial charge in [0, 0.05) is 18.3 Å². The molecule has 2 amide bonds. The highest BCUT2D eigenvalue weighted by atomic mass is 19.4. The second-order valence-corrected chi connectivity index (χ2v) is 7.15.